The largest absolute Gasteiger partial charge is 0.326 e. The fourth-order valence-corrected chi connectivity index (χ4v) is 4.01. The highest BCUT2D eigenvalue weighted by Crippen LogP contribution is 2.36. The van der Waals surface area contributed by atoms with Crippen molar-refractivity contribution in [2.75, 3.05) is 19.8 Å². The summed E-state index contributed by atoms with van der Waals surface area (Å²) in [4.78, 5) is 28.7. The Morgan fingerprint density at radius 3 is 2.52 bits per heavy atom. The van der Waals surface area contributed by atoms with Crippen molar-refractivity contribution < 1.29 is 9.59 Å². The maximum atomic E-state index is 12.8. The lowest BCUT2D eigenvalue weighted by atomic mass is 9.77. The molecule has 0 aromatic carbocycles. The zero-order valence-electron chi connectivity index (χ0n) is 13.2. The van der Waals surface area contributed by atoms with Crippen molar-refractivity contribution in [1.29, 1.82) is 0 Å². The Kier molecular flexibility index (Phi) is 3.95. The SMILES string of the molecule is CC1CCC2(CC1)NC(=O)N(CN1CCCC(C)C1)C2=O. The van der Waals surface area contributed by atoms with Gasteiger partial charge >= 0.3 is 6.03 Å². The average molecular weight is 293 g/mol. The quantitative estimate of drug-likeness (QED) is 0.794. The minimum absolute atomic E-state index is 0.0117. The van der Waals surface area contributed by atoms with Gasteiger partial charge in [0.15, 0.2) is 0 Å². The number of amides is 3. The number of nitrogens with one attached hydrogen (secondary N) is 1. The molecule has 3 fully saturated rings. The second-order valence-electron chi connectivity index (χ2n) is 7.39. The van der Waals surface area contributed by atoms with Gasteiger partial charge in [-0.2, -0.15) is 0 Å². The zero-order valence-corrected chi connectivity index (χ0v) is 13.2. The Morgan fingerprint density at radius 1 is 1.14 bits per heavy atom. The van der Waals surface area contributed by atoms with Crippen LogP contribution in [0.4, 0.5) is 4.79 Å². The first-order chi connectivity index (χ1) is 10.00. The molecular formula is C16H27N3O2. The zero-order chi connectivity index (χ0) is 15.0. The Hall–Kier alpha value is -1.10. The molecular weight excluding hydrogens is 266 g/mol. The van der Waals surface area contributed by atoms with E-state index in [0.29, 0.717) is 18.5 Å². The van der Waals surface area contributed by atoms with Crippen LogP contribution in [0.3, 0.4) is 0 Å². The third kappa shape index (κ3) is 2.80. The molecule has 3 rings (SSSR count). The Bertz CT molecular complexity index is 429. The van der Waals surface area contributed by atoms with Crippen molar-refractivity contribution in [3.8, 4) is 0 Å². The molecule has 2 saturated heterocycles. The molecule has 2 heterocycles. The summed E-state index contributed by atoms with van der Waals surface area (Å²) in [6.07, 6.45) is 6.06. The number of nitrogens with zero attached hydrogens (tertiary/aromatic N) is 2. The van der Waals surface area contributed by atoms with Gasteiger partial charge in [0.2, 0.25) is 0 Å². The number of carbonyl (C=O) groups is 2. The van der Waals surface area contributed by atoms with Gasteiger partial charge in [0.25, 0.3) is 5.91 Å². The van der Waals surface area contributed by atoms with Gasteiger partial charge < -0.3 is 5.32 Å². The summed E-state index contributed by atoms with van der Waals surface area (Å²) in [6, 6.07) is -0.187. The van der Waals surface area contributed by atoms with Crippen molar-refractivity contribution in [2.24, 2.45) is 11.8 Å². The number of piperidine rings is 1. The summed E-state index contributed by atoms with van der Waals surface area (Å²) in [7, 11) is 0. The van der Waals surface area contributed by atoms with Crippen molar-refractivity contribution in [2.45, 2.75) is 57.9 Å². The van der Waals surface area contributed by atoms with Crippen LogP contribution in [0, 0.1) is 11.8 Å². The number of likely N-dealkylation sites (tertiary alicyclic amines) is 1. The fraction of sp³-hybridized carbons (Fsp3) is 0.875. The molecule has 1 saturated carbocycles. The van der Waals surface area contributed by atoms with Crippen LogP contribution in [0.25, 0.3) is 0 Å². The summed E-state index contributed by atoms with van der Waals surface area (Å²) in [5.41, 5.74) is -0.592. The monoisotopic (exact) mass is 293 g/mol. The molecule has 2 aliphatic heterocycles. The molecule has 0 aromatic heterocycles. The van der Waals surface area contributed by atoms with Crippen LogP contribution in [0.5, 0.6) is 0 Å². The van der Waals surface area contributed by atoms with Gasteiger partial charge in [-0.15, -0.1) is 0 Å². The summed E-state index contributed by atoms with van der Waals surface area (Å²) in [5.74, 6) is 1.33. The van der Waals surface area contributed by atoms with Crippen LogP contribution in [0.1, 0.15) is 52.4 Å². The molecule has 3 amide bonds. The highest BCUT2D eigenvalue weighted by molar-refractivity contribution is 6.07. The first kappa shape index (κ1) is 14.8. The topological polar surface area (TPSA) is 52.7 Å². The summed E-state index contributed by atoms with van der Waals surface area (Å²) in [6.45, 7) is 6.90. The van der Waals surface area contributed by atoms with Gasteiger partial charge in [0, 0.05) is 6.54 Å². The lowest BCUT2D eigenvalue weighted by Crippen LogP contribution is -2.50. The van der Waals surface area contributed by atoms with Crippen molar-refractivity contribution in [3.05, 3.63) is 0 Å². The molecule has 0 bridgehead atoms. The number of hydrogen-bond acceptors (Lipinski definition) is 3. The third-order valence-corrected chi connectivity index (χ3v) is 5.46. The first-order valence-corrected chi connectivity index (χ1v) is 8.37. The minimum Gasteiger partial charge on any atom is -0.323 e. The molecule has 1 spiro atoms. The smallest absolute Gasteiger partial charge is 0.323 e. The molecule has 1 unspecified atom stereocenters. The Balaban J connectivity index is 1.66. The van der Waals surface area contributed by atoms with Crippen LogP contribution in [0.15, 0.2) is 0 Å². The number of rotatable bonds is 2. The number of imide groups is 1. The standard InChI is InChI=1S/C16H27N3O2/c1-12-5-7-16(8-6-12)14(20)19(15(21)17-16)11-18-9-3-4-13(2)10-18/h12-13H,3-11H2,1-2H3,(H,17,21). The van der Waals surface area contributed by atoms with E-state index in [-0.39, 0.29) is 11.9 Å². The van der Waals surface area contributed by atoms with E-state index < -0.39 is 5.54 Å². The van der Waals surface area contributed by atoms with Crippen molar-refractivity contribution in [3.63, 3.8) is 0 Å². The Morgan fingerprint density at radius 2 is 1.86 bits per heavy atom. The molecule has 3 aliphatic rings. The van der Waals surface area contributed by atoms with E-state index in [9.17, 15) is 9.59 Å². The van der Waals surface area contributed by atoms with E-state index in [4.69, 9.17) is 0 Å². The van der Waals surface area contributed by atoms with E-state index in [0.717, 1.165) is 45.2 Å². The van der Waals surface area contributed by atoms with Crippen LogP contribution in [0.2, 0.25) is 0 Å². The van der Waals surface area contributed by atoms with E-state index >= 15 is 0 Å². The lowest BCUT2D eigenvalue weighted by molar-refractivity contribution is -0.134. The minimum atomic E-state index is -0.592. The van der Waals surface area contributed by atoms with Crippen molar-refractivity contribution in [1.82, 2.24) is 15.1 Å². The number of carbonyl (C=O) groups excluding carboxylic acids is 2. The van der Waals surface area contributed by atoms with E-state index in [1.165, 1.54) is 11.3 Å². The molecule has 21 heavy (non-hydrogen) atoms. The second kappa shape index (κ2) is 5.59. The molecule has 5 heteroatoms. The molecule has 5 nitrogen and oxygen atoms in total. The normalized spacial score (nSPS) is 38.1. The summed E-state index contributed by atoms with van der Waals surface area (Å²) in [5, 5.41) is 3.00. The second-order valence-corrected chi connectivity index (χ2v) is 7.39. The first-order valence-electron chi connectivity index (χ1n) is 8.37. The predicted octanol–water partition coefficient (Wildman–Crippen LogP) is 2.18. The Labute approximate surface area is 127 Å². The number of hydrogen-bond donors (Lipinski definition) is 1. The third-order valence-electron chi connectivity index (χ3n) is 5.46. The maximum absolute atomic E-state index is 12.8. The molecule has 1 atom stereocenters. The van der Waals surface area contributed by atoms with Crippen LogP contribution in [-0.2, 0) is 4.79 Å². The average Bonchev–Trinajstić information content (AvgIpc) is 2.67. The van der Waals surface area contributed by atoms with Crippen molar-refractivity contribution >= 4 is 11.9 Å². The van der Waals surface area contributed by atoms with Gasteiger partial charge in [-0.05, 0) is 56.9 Å². The van der Waals surface area contributed by atoms with E-state index in [1.807, 2.05) is 0 Å². The molecule has 1 aliphatic carbocycles. The predicted molar refractivity (Wildman–Crippen MR) is 80.6 cm³/mol. The van der Waals surface area contributed by atoms with Crippen LogP contribution in [-0.4, -0.2) is 47.0 Å². The lowest BCUT2D eigenvalue weighted by Gasteiger charge is -2.35. The van der Waals surface area contributed by atoms with Gasteiger partial charge in [0.05, 0.1) is 6.67 Å². The molecule has 0 radical (unpaired) electrons. The van der Waals surface area contributed by atoms with Gasteiger partial charge in [0.1, 0.15) is 5.54 Å². The van der Waals surface area contributed by atoms with E-state index in [1.54, 1.807) is 0 Å². The number of urea groups is 1. The van der Waals surface area contributed by atoms with Crippen LogP contribution < -0.4 is 5.32 Å². The molecule has 118 valence electrons. The highest BCUT2D eigenvalue weighted by atomic mass is 16.2. The maximum Gasteiger partial charge on any atom is 0.326 e. The molecule has 1 N–H and O–H groups in total. The summed E-state index contributed by atoms with van der Waals surface area (Å²) >= 11 is 0. The van der Waals surface area contributed by atoms with Crippen LogP contribution >= 0.6 is 0 Å². The van der Waals surface area contributed by atoms with Gasteiger partial charge in [-0.3, -0.25) is 9.69 Å². The molecule has 0 aromatic rings. The van der Waals surface area contributed by atoms with Gasteiger partial charge in [-0.25, -0.2) is 9.69 Å². The highest BCUT2D eigenvalue weighted by Gasteiger charge is 2.52. The van der Waals surface area contributed by atoms with E-state index in [2.05, 4.69) is 24.1 Å². The fourth-order valence-electron chi connectivity index (χ4n) is 4.01. The van der Waals surface area contributed by atoms with Gasteiger partial charge in [-0.1, -0.05) is 13.8 Å². The summed E-state index contributed by atoms with van der Waals surface area (Å²) < 4.78 is 0.